The highest BCUT2D eigenvalue weighted by molar-refractivity contribution is 8.05. The summed E-state index contributed by atoms with van der Waals surface area (Å²) in [5.74, 6) is -0.175. The molecule has 1 heterocycles. The van der Waals surface area contributed by atoms with Crippen LogP contribution in [0.5, 0.6) is 0 Å². The third-order valence-electron chi connectivity index (χ3n) is 2.82. The van der Waals surface area contributed by atoms with Crippen LogP contribution in [-0.2, 0) is 4.79 Å². The number of hydrogen-bond acceptors (Lipinski definition) is 2. The Morgan fingerprint density at radius 1 is 1.21 bits per heavy atom. The number of nitrogens with zero attached hydrogens (tertiary/aromatic N) is 1. The Hall–Kier alpha value is -1.58. The summed E-state index contributed by atoms with van der Waals surface area (Å²) in [6, 6.07) is 7.39. The maximum Gasteiger partial charge on any atom is 0.283 e. The normalized spacial score (nSPS) is 23.4. The number of rotatable bonds is 1. The maximum absolute atomic E-state index is 12.0. The van der Waals surface area contributed by atoms with Crippen LogP contribution in [0.1, 0.15) is 5.56 Å². The molecule has 1 atom stereocenters. The zero-order valence-electron chi connectivity index (χ0n) is 9.92. The van der Waals surface area contributed by atoms with Gasteiger partial charge in [-0.3, -0.25) is 4.79 Å². The van der Waals surface area contributed by atoms with Gasteiger partial charge in [0.2, 0.25) is 0 Å². The Kier molecular flexibility index (Phi) is 3.40. The van der Waals surface area contributed by atoms with E-state index in [-0.39, 0.29) is 11.2 Å². The largest absolute Gasteiger partial charge is 0.283 e. The van der Waals surface area contributed by atoms with Crippen molar-refractivity contribution in [3.63, 3.8) is 0 Å². The standard InChI is InChI=1S/C15H10ClNOS/c16-11-7-5-10(6-8-11)9-14-15(18)17-12-3-1-2-4-13(12)19-14/h1-9,13H/b14-9-. The van der Waals surface area contributed by atoms with Gasteiger partial charge in [-0.15, -0.1) is 11.8 Å². The number of fused-ring (bicyclic) bond motifs is 1. The minimum atomic E-state index is -0.175. The van der Waals surface area contributed by atoms with Gasteiger partial charge < -0.3 is 0 Å². The lowest BCUT2D eigenvalue weighted by Gasteiger charge is -2.20. The predicted molar refractivity (Wildman–Crippen MR) is 81.5 cm³/mol. The van der Waals surface area contributed by atoms with E-state index in [9.17, 15) is 4.79 Å². The molecule has 0 aromatic heterocycles. The zero-order valence-corrected chi connectivity index (χ0v) is 11.5. The molecular formula is C15H10ClNOS. The van der Waals surface area contributed by atoms with E-state index in [2.05, 4.69) is 4.99 Å². The van der Waals surface area contributed by atoms with Crippen LogP contribution in [0.3, 0.4) is 0 Å². The summed E-state index contributed by atoms with van der Waals surface area (Å²) in [6.45, 7) is 0. The molecule has 4 heteroatoms. The molecule has 1 unspecified atom stereocenters. The van der Waals surface area contributed by atoms with E-state index < -0.39 is 0 Å². The second-order valence-corrected chi connectivity index (χ2v) is 5.80. The molecule has 1 aromatic rings. The molecule has 0 bridgehead atoms. The van der Waals surface area contributed by atoms with Crippen molar-refractivity contribution in [2.24, 2.45) is 4.99 Å². The lowest BCUT2D eigenvalue weighted by Crippen LogP contribution is -2.22. The lowest BCUT2D eigenvalue weighted by molar-refractivity contribution is -0.113. The molecule has 0 fully saturated rings. The first-order valence-electron chi connectivity index (χ1n) is 5.84. The number of amides is 1. The molecule has 0 N–H and O–H groups in total. The number of hydrogen-bond donors (Lipinski definition) is 0. The van der Waals surface area contributed by atoms with Gasteiger partial charge in [-0.2, -0.15) is 0 Å². The molecule has 1 amide bonds. The first-order valence-corrected chi connectivity index (χ1v) is 7.10. The van der Waals surface area contributed by atoms with Gasteiger partial charge >= 0.3 is 0 Å². The Morgan fingerprint density at radius 3 is 2.79 bits per heavy atom. The van der Waals surface area contributed by atoms with Gasteiger partial charge in [0.15, 0.2) is 0 Å². The van der Waals surface area contributed by atoms with Gasteiger partial charge in [0.05, 0.1) is 15.9 Å². The number of aliphatic imine (C=N–C) groups is 1. The van der Waals surface area contributed by atoms with Crippen LogP contribution in [0.25, 0.3) is 6.08 Å². The van der Waals surface area contributed by atoms with Crippen molar-refractivity contribution in [2.45, 2.75) is 5.25 Å². The summed E-state index contributed by atoms with van der Waals surface area (Å²) >= 11 is 7.38. The quantitative estimate of drug-likeness (QED) is 0.733. The molecular weight excluding hydrogens is 278 g/mol. The third kappa shape index (κ3) is 2.72. The van der Waals surface area contributed by atoms with Crippen molar-refractivity contribution in [3.05, 3.63) is 64.1 Å². The summed E-state index contributed by atoms with van der Waals surface area (Å²) in [6.07, 6.45) is 9.67. The number of carbonyl (C=O) groups is 1. The molecule has 19 heavy (non-hydrogen) atoms. The topological polar surface area (TPSA) is 29.4 Å². The van der Waals surface area contributed by atoms with Crippen molar-refractivity contribution in [3.8, 4) is 0 Å². The Balaban J connectivity index is 1.92. The van der Waals surface area contributed by atoms with Crippen molar-refractivity contribution in [1.29, 1.82) is 0 Å². The smallest absolute Gasteiger partial charge is 0.266 e. The summed E-state index contributed by atoms with van der Waals surface area (Å²) in [4.78, 5) is 16.7. The molecule has 0 saturated carbocycles. The molecule has 0 spiro atoms. The molecule has 0 saturated heterocycles. The number of thioether (sulfide) groups is 1. The maximum atomic E-state index is 12.0. The lowest BCUT2D eigenvalue weighted by atomic mass is 10.1. The third-order valence-corrected chi connectivity index (χ3v) is 4.27. The molecule has 94 valence electrons. The summed E-state index contributed by atoms with van der Waals surface area (Å²) in [7, 11) is 0. The fourth-order valence-electron chi connectivity index (χ4n) is 1.88. The highest BCUT2D eigenvalue weighted by Crippen LogP contribution is 2.32. The van der Waals surface area contributed by atoms with Crippen molar-refractivity contribution in [2.75, 3.05) is 0 Å². The summed E-state index contributed by atoms with van der Waals surface area (Å²) in [5, 5.41) is 0.826. The Morgan fingerprint density at radius 2 is 2.00 bits per heavy atom. The zero-order chi connectivity index (χ0) is 13.2. The van der Waals surface area contributed by atoms with Crippen LogP contribution in [-0.4, -0.2) is 16.9 Å². The SMILES string of the molecule is O=C1N=C2C=CC=CC2S/C1=C\c1ccc(Cl)cc1. The second-order valence-electron chi connectivity index (χ2n) is 4.18. The van der Waals surface area contributed by atoms with Crippen molar-refractivity contribution in [1.82, 2.24) is 0 Å². The van der Waals surface area contributed by atoms with Gasteiger partial charge in [0.1, 0.15) is 0 Å². The molecule has 2 aliphatic rings. The van der Waals surface area contributed by atoms with E-state index in [1.165, 1.54) is 11.8 Å². The molecule has 1 aromatic carbocycles. The van der Waals surface area contributed by atoms with E-state index in [4.69, 9.17) is 11.6 Å². The number of carbonyl (C=O) groups excluding carboxylic acids is 1. The van der Waals surface area contributed by atoms with Crippen LogP contribution in [0.4, 0.5) is 0 Å². The van der Waals surface area contributed by atoms with Crippen LogP contribution in [0, 0.1) is 0 Å². The first-order chi connectivity index (χ1) is 9.22. The van der Waals surface area contributed by atoms with Crippen LogP contribution >= 0.6 is 23.4 Å². The van der Waals surface area contributed by atoms with Gasteiger partial charge in [-0.1, -0.05) is 42.0 Å². The molecule has 1 aliphatic heterocycles. The Bertz CT molecular complexity index is 641. The number of allylic oxidation sites excluding steroid dienone is 3. The number of benzene rings is 1. The molecule has 3 rings (SSSR count). The highest BCUT2D eigenvalue weighted by Gasteiger charge is 2.25. The van der Waals surface area contributed by atoms with E-state index >= 15 is 0 Å². The Labute approximate surface area is 120 Å². The monoisotopic (exact) mass is 287 g/mol. The van der Waals surface area contributed by atoms with Gasteiger partial charge in [0.25, 0.3) is 5.91 Å². The van der Waals surface area contributed by atoms with Gasteiger partial charge in [-0.25, -0.2) is 4.99 Å². The van der Waals surface area contributed by atoms with Crippen molar-refractivity contribution < 1.29 is 4.79 Å². The minimum Gasteiger partial charge on any atom is -0.266 e. The van der Waals surface area contributed by atoms with Crippen LogP contribution in [0.15, 0.2) is 58.5 Å². The van der Waals surface area contributed by atoms with Gasteiger partial charge in [-0.05, 0) is 29.8 Å². The number of halogens is 1. The van der Waals surface area contributed by atoms with E-state index in [1.807, 2.05) is 54.6 Å². The van der Waals surface area contributed by atoms with Gasteiger partial charge in [0, 0.05) is 5.02 Å². The van der Waals surface area contributed by atoms with E-state index in [0.29, 0.717) is 9.93 Å². The molecule has 2 nitrogen and oxygen atoms in total. The van der Waals surface area contributed by atoms with Crippen LogP contribution < -0.4 is 0 Å². The molecule has 0 radical (unpaired) electrons. The van der Waals surface area contributed by atoms with Crippen molar-refractivity contribution >= 4 is 41.1 Å². The summed E-state index contributed by atoms with van der Waals surface area (Å²) in [5.41, 5.74) is 1.78. The van der Waals surface area contributed by atoms with E-state index in [0.717, 1.165) is 11.3 Å². The van der Waals surface area contributed by atoms with Crippen LogP contribution in [0.2, 0.25) is 5.02 Å². The average molecular weight is 288 g/mol. The minimum absolute atomic E-state index is 0.140. The fourth-order valence-corrected chi connectivity index (χ4v) is 3.05. The second kappa shape index (κ2) is 5.19. The summed E-state index contributed by atoms with van der Waals surface area (Å²) < 4.78 is 0. The van der Waals surface area contributed by atoms with E-state index in [1.54, 1.807) is 0 Å². The fraction of sp³-hybridized carbons (Fsp3) is 0.0667. The highest BCUT2D eigenvalue weighted by atomic mass is 35.5. The molecule has 1 aliphatic carbocycles. The predicted octanol–water partition coefficient (Wildman–Crippen LogP) is 3.89. The average Bonchev–Trinajstić information content (AvgIpc) is 2.42. The first kappa shape index (κ1) is 12.5.